The van der Waals surface area contributed by atoms with Gasteiger partial charge in [-0.05, 0) is 42.2 Å². The summed E-state index contributed by atoms with van der Waals surface area (Å²) in [6, 6.07) is 9.95. The fourth-order valence-electron chi connectivity index (χ4n) is 4.61. The van der Waals surface area contributed by atoms with Crippen LogP contribution in [0.25, 0.3) is 10.9 Å². The molecule has 5 rings (SSSR count). The summed E-state index contributed by atoms with van der Waals surface area (Å²) >= 11 is 0. The molecule has 2 aromatic heterocycles. The minimum Gasteiger partial charge on any atom is -0.468 e. The third-order valence-corrected chi connectivity index (χ3v) is 6.09. The molecule has 0 aliphatic carbocycles. The number of amides is 2. The summed E-state index contributed by atoms with van der Waals surface area (Å²) in [5.41, 5.74) is 4.51. The van der Waals surface area contributed by atoms with E-state index in [1.165, 1.54) is 11.8 Å². The number of hydrogen-bond acceptors (Lipinski definition) is 4. The van der Waals surface area contributed by atoms with E-state index >= 15 is 0 Å². The topological polar surface area (TPSA) is 67.5 Å². The van der Waals surface area contributed by atoms with Gasteiger partial charge in [-0.25, -0.2) is 0 Å². The van der Waals surface area contributed by atoms with E-state index in [0.717, 1.165) is 40.8 Å². The standard InChI is InChI=1S/C24H25N3O3/c1-14(2)9-10-26-12-16-21-17(6-4-7-19(21)26)25-18-13-27(15(3)28)24(29)23(18)22(16)20-8-5-11-30-20/h4-8,11-12,14,22,25H,9-10,13H2,1-3H3/t22-/m1/s1. The molecule has 2 aliphatic heterocycles. The number of hydrogen-bond donors (Lipinski definition) is 1. The van der Waals surface area contributed by atoms with Crippen molar-refractivity contribution in [3.63, 3.8) is 0 Å². The summed E-state index contributed by atoms with van der Waals surface area (Å²) in [5.74, 6) is 0.451. The summed E-state index contributed by atoms with van der Waals surface area (Å²) in [6.07, 6.45) is 4.86. The lowest BCUT2D eigenvalue weighted by atomic mass is 9.88. The van der Waals surface area contributed by atoms with Crippen molar-refractivity contribution in [1.82, 2.24) is 9.47 Å². The normalized spacial score (nSPS) is 18.2. The smallest absolute Gasteiger partial charge is 0.259 e. The van der Waals surface area contributed by atoms with Gasteiger partial charge in [-0.3, -0.25) is 14.5 Å². The molecule has 0 bridgehead atoms. The Morgan fingerprint density at radius 1 is 1.27 bits per heavy atom. The quantitative estimate of drug-likeness (QED) is 0.697. The highest BCUT2D eigenvalue weighted by Crippen LogP contribution is 2.46. The van der Waals surface area contributed by atoms with Crippen LogP contribution in [0.1, 0.15) is 44.4 Å². The maximum Gasteiger partial charge on any atom is 0.259 e. The van der Waals surface area contributed by atoms with Crippen molar-refractivity contribution in [3.8, 4) is 0 Å². The molecule has 1 N–H and O–H groups in total. The second-order valence-corrected chi connectivity index (χ2v) is 8.54. The SMILES string of the molecule is CC(=O)N1CC2=C(C1=O)[C@@H](c1ccco1)c1cn(CCC(C)C)c3cccc(c13)N2. The Bertz CT molecular complexity index is 1180. The van der Waals surface area contributed by atoms with E-state index in [1.807, 2.05) is 24.3 Å². The molecule has 6 heteroatoms. The summed E-state index contributed by atoms with van der Waals surface area (Å²) in [7, 11) is 0. The monoisotopic (exact) mass is 403 g/mol. The zero-order chi connectivity index (χ0) is 21.0. The van der Waals surface area contributed by atoms with Gasteiger partial charge in [0, 0.05) is 36.4 Å². The van der Waals surface area contributed by atoms with Gasteiger partial charge in [-0.1, -0.05) is 19.9 Å². The summed E-state index contributed by atoms with van der Waals surface area (Å²) < 4.78 is 8.08. The fraction of sp³-hybridized carbons (Fsp3) is 0.333. The number of carbonyl (C=O) groups excluding carboxylic acids is 2. The molecule has 1 atom stereocenters. The van der Waals surface area contributed by atoms with Crippen LogP contribution in [0, 0.1) is 5.92 Å². The van der Waals surface area contributed by atoms with Crippen molar-refractivity contribution in [3.05, 3.63) is 65.4 Å². The molecule has 0 unspecified atom stereocenters. The molecule has 0 fully saturated rings. The first-order valence-corrected chi connectivity index (χ1v) is 10.4. The van der Waals surface area contributed by atoms with Crippen molar-refractivity contribution >= 4 is 28.4 Å². The lowest BCUT2D eigenvalue weighted by Gasteiger charge is -2.17. The summed E-state index contributed by atoms with van der Waals surface area (Å²) in [4.78, 5) is 26.7. The van der Waals surface area contributed by atoms with Crippen molar-refractivity contribution in [2.45, 2.75) is 39.7 Å². The number of nitrogens with one attached hydrogen (secondary N) is 1. The van der Waals surface area contributed by atoms with Gasteiger partial charge in [-0.15, -0.1) is 0 Å². The highest BCUT2D eigenvalue weighted by molar-refractivity contribution is 6.11. The molecule has 3 aromatic rings. The van der Waals surface area contributed by atoms with E-state index in [4.69, 9.17) is 4.42 Å². The first-order valence-electron chi connectivity index (χ1n) is 10.4. The van der Waals surface area contributed by atoms with Gasteiger partial charge < -0.3 is 14.3 Å². The minimum atomic E-state index is -0.356. The third-order valence-electron chi connectivity index (χ3n) is 6.09. The second-order valence-electron chi connectivity index (χ2n) is 8.54. The Labute approximate surface area is 175 Å². The Morgan fingerprint density at radius 3 is 2.80 bits per heavy atom. The van der Waals surface area contributed by atoms with Crippen LogP contribution in [0.15, 0.2) is 58.5 Å². The lowest BCUT2D eigenvalue weighted by Crippen LogP contribution is -2.33. The Morgan fingerprint density at radius 2 is 2.10 bits per heavy atom. The van der Waals surface area contributed by atoms with Crippen LogP contribution in [0.3, 0.4) is 0 Å². The van der Waals surface area contributed by atoms with Gasteiger partial charge >= 0.3 is 0 Å². The maximum absolute atomic E-state index is 13.3. The van der Waals surface area contributed by atoms with Gasteiger partial charge in [0.15, 0.2) is 0 Å². The third kappa shape index (κ3) is 2.78. The molecule has 154 valence electrons. The molecule has 2 amide bonds. The number of benzene rings is 1. The van der Waals surface area contributed by atoms with Crippen molar-refractivity contribution in [1.29, 1.82) is 0 Å². The second kappa shape index (κ2) is 6.90. The molecule has 2 aliphatic rings. The Kier molecular flexibility index (Phi) is 4.31. The fourth-order valence-corrected chi connectivity index (χ4v) is 4.61. The van der Waals surface area contributed by atoms with E-state index in [2.05, 4.69) is 36.0 Å². The highest BCUT2D eigenvalue weighted by atomic mass is 16.3. The number of nitrogens with zero attached hydrogens (tertiary/aromatic N) is 2. The number of furan rings is 1. The number of rotatable bonds is 4. The van der Waals surface area contributed by atoms with Crippen LogP contribution in [0.5, 0.6) is 0 Å². The van der Waals surface area contributed by atoms with Crippen LogP contribution in [-0.2, 0) is 16.1 Å². The molecule has 0 radical (unpaired) electrons. The molecular formula is C24H25N3O3. The molecular weight excluding hydrogens is 378 g/mol. The minimum absolute atomic E-state index is 0.248. The molecule has 4 heterocycles. The summed E-state index contributed by atoms with van der Waals surface area (Å²) in [6.45, 7) is 7.04. The first-order chi connectivity index (χ1) is 14.5. The first kappa shape index (κ1) is 18.7. The molecule has 1 aromatic carbocycles. The molecule has 6 nitrogen and oxygen atoms in total. The van der Waals surface area contributed by atoms with E-state index in [0.29, 0.717) is 17.3 Å². The predicted molar refractivity (Wildman–Crippen MR) is 115 cm³/mol. The number of aryl methyl sites for hydroxylation is 1. The average molecular weight is 403 g/mol. The van der Waals surface area contributed by atoms with Crippen molar-refractivity contribution in [2.24, 2.45) is 5.92 Å². The number of anilines is 1. The predicted octanol–water partition coefficient (Wildman–Crippen LogP) is 4.48. The zero-order valence-electron chi connectivity index (χ0n) is 17.4. The largest absolute Gasteiger partial charge is 0.468 e. The average Bonchev–Trinajstić information content (AvgIpc) is 3.40. The zero-order valence-corrected chi connectivity index (χ0v) is 17.4. The molecule has 0 spiro atoms. The van der Waals surface area contributed by atoms with Crippen molar-refractivity contribution < 1.29 is 14.0 Å². The van der Waals surface area contributed by atoms with Gasteiger partial charge in [-0.2, -0.15) is 0 Å². The van der Waals surface area contributed by atoms with Gasteiger partial charge in [0.1, 0.15) is 5.76 Å². The van der Waals surface area contributed by atoms with Crippen molar-refractivity contribution in [2.75, 3.05) is 11.9 Å². The maximum atomic E-state index is 13.3. The molecule has 0 saturated heterocycles. The van der Waals surface area contributed by atoms with Gasteiger partial charge in [0.25, 0.3) is 5.91 Å². The summed E-state index contributed by atoms with van der Waals surface area (Å²) in [5, 5.41) is 4.59. The van der Waals surface area contributed by atoms with Crippen LogP contribution in [0.4, 0.5) is 5.69 Å². The number of imide groups is 1. The number of carbonyl (C=O) groups is 2. The van der Waals surface area contributed by atoms with Crippen LogP contribution >= 0.6 is 0 Å². The molecule has 30 heavy (non-hydrogen) atoms. The Balaban J connectivity index is 1.73. The molecule has 0 saturated carbocycles. The van der Waals surface area contributed by atoms with Gasteiger partial charge in [0.05, 0.1) is 29.8 Å². The van der Waals surface area contributed by atoms with Gasteiger partial charge in [0.2, 0.25) is 5.91 Å². The van der Waals surface area contributed by atoms with E-state index in [1.54, 1.807) is 6.26 Å². The lowest BCUT2D eigenvalue weighted by molar-refractivity contribution is -0.139. The Hall–Kier alpha value is -3.28. The van der Waals surface area contributed by atoms with Crippen LogP contribution in [-0.4, -0.2) is 27.8 Å². The van der Waals surface area contributed by atoms with Crippen LogP contribution in [0.2, 0.25) is 0 Å². The highest BCUT2D eigenvalue weighted by Gasteiger charge is 2.42. The van der Waals surface area contributed by atoms with Crippen LogP contribution < -0.4 is 5.32 Å². The van der Waals surface area contributed by atoms with E-state index in [-0.39, 0.29) is 24.3 Å². The van der Waals surface area contributed by atoms with E-state index in [9.17, 15) is 9.59 Å². The number of aromatic nitrogens is 1. The van der Waals surface area contributed by atoms with E-state index < -0.39 is 0 Å².